The lowest BCUT2D eigenvalue weighted by atomic mass is 10.2. The van der Waals surface area contributed by atoms with Crippen molar-refractivity contribution in [2.45, 2.75) is 19.3 Å². The SMILES string of the molecule is O=C(O)CCCC(=O)Nc1cc(Cl)cc(Cl)c1. The standard InChI is InChI=1S/C11H11Cl2NO3/c12-7-4-8(13)6-9(5-7)14-10(15)2-1-3-11(16)17/h4-6H,1-3H2,(H,14,15)(H,16,17). The first-order chi connectivity index (χ1) is 7.97. The average Bonchev–Trinajstić information content (AvgIpc) is 2.14. The molecule has 0 heterocycles. The van der Waals surface area contributed by atoms with Gasteiger partial charge in [0.25, 0.3) is 0 Å². The van der Waals surface area contributed by atoms with Crippen LogP contribution in [0.1, 0.15) is 19.3 Å². The maximum absolute atomic E-state index is 11.4. The molecule has 0 fully saturated rings. The van der Waals surface area contributed by atoms with Gasteiger partial charge in [-0.05, 0) is 24.6 Å². The highest BCUT2D eigenvalue weighted by Crippen LogP contribution is 2.22. The van der Waals surface area contributed by atoms with E-state index in [0.717, 1.165) is 0 Å². The van der Waals surface area contributed by atoms with E-state index in [4.69, 9.17) is 28.3 Å². The van der Waals surface area contributed by atoms with Crippen LogP contribution in [-0.2, 0) is 9.59 Å². The lowest BCUT2D eigenvalue weighted by Gasteiger charge is -2.05. The van der Waals surface area contributed by atoms with Crippen molar-refractivity contribution >= 4 is 40.8 Å². The highest BCUT2D eigenvalue weighted by Gasteiger charge is 2.05. The topological polar surface area (TPSA) is 66.4 Å². The second kappa shape index (κ2) is 6.47. The first-order valence-corrected chi connectivity index (χ1v) is 5.70. The predicted molar refractivity (Wildman–Crippen MR) is 66.6 cm³/mol. The quantitative estimate of drug-likeness (QED) is 0.867. The van der Waals surface area contributed by atoms with E-state index >= 15 is 0 Å². The molecule has 0 saturated carbocycles. The third-order valence-corrected chi connectivity index (χ3v) is 2.38. The molecule has 1 aromatic rings. The van der Waals surface area contributed by atoms with Crippen LogP contribution in [-0.4, -0.2) is 17.0 Å². The summed E-state index contributed by atoms with van der Waals surface area (Å²) in [5.41, 5.74) is 0.503. The van der Waals surface area contributed by atoms with Crippen molar-refractivity contribution in [3.63, 3.8) is 0 Å². The predicted octanol–water partition coefficient (Wildman–Crippen LogP) is 3.19. The number of amides is 1. The Morgan fingerprint density at radius 3 is 2.24 bits per heavy atom. The smallest absolute Gasteiger partial charge is 0.303 e. The molecule has 92 valence electrons. The van der Waals surface area contributed by atoms with E-state index < -0.39 is 5.97 Å². The number of carbonyl (C=O) groups is 2. The number of carboxylic acid groups (broad SMARTS) is 1. The molecule has 0 aliphatic carbocycles. The van der Waals surface area contributed by atoms with E-state index in [1.807, 2.05) is 0 Å². The summed E-state index contributed by atoms with van der Waals surface area (Å²) in [5.74, 6) is -1.17. The number of carbonyl (C=O) groups excluding carboxylic acids is 1. The van der Waals surface area contributed by atoms with E-state index in [1.165, 1.54) is 0 Å². The van der Waals surface area contributed by atoms with E-state index in [2.05, 4.69) is 5.32 Å². The Bertz CT molecular complexity index is 414. The van der Waals surface area contributed by atoms with Crippen molar-refractivity contribution in [2.75, 3.05) is 5.32 Å². The highest BCUT2D eigenvalue weighted by atomic mass is 35.5. The minimum Gasteiger partial charge on any atom is -0.481 e. The molecule has 0 aliphatic rings. The fraction of sp³-hybridized carbons (Fsp3) is 0.273. The van der Waals surface area contributed by atoms with Gasteiger partial charge in [-0.3, -0.25) is 9.59 Å². The fourth-order valence-electron chi connectivity index (χ4n) is 1.25. The van der Waals surface area contributed by atoms with E-state index in [-0.39, 0.29) is 18.7 Å². The summed E-state index contributed by atoms with van der Waals surface area (Å²) in [6, 6.07) is 4.70. The van der Waals surface area contributed by atoms with E-state index in [9.17, 15) is 9.59 Å². The van der Waals surface area contributed by atoms with Crippen LogP contribution >= 0.6 is 23.2 Å². The monoisotopic (exact) mass is 275 g/mol. The lowest BCUT2D eigenvalue weighted by molar-refractivity contribution is -0.137. The van der Waals surface area contributed by atoms with Crippen molar-refractivity contribution in [2.24, 2.45) is 0 Å². The number of benzene rings is 1. The summed E-state index contributed by atoms with van der Waals surface area (Å²) in [6.07, 6.45) is 0.426. The van der Waals surface area contributed by atoms with Gasteiger partial charge in [-0.2, -0.15) is 0 Å². The number of rotatable bonds is 5. The normalized spacial score (nSPS) is 10.0. The number of nitrogens with one attached hydrogen (secondary N) is 1. The Morgan fingerprint density at radius 2 is 1.71 bits per heavy atom. The summed E-state index contributed by atoms with van der Waals surface area (Å²) in [5, 5.41) is 11.9. The van der Waals surface area contributed by atoms with Crippen molar-refractivity contribution in [3.8, 4) is 0 Å². The maximum atomic E-state index is 11.4. The number of aliphatic carboxylic acids is 1. The molecule has 4 nitrogen and oxygen atoms in total. The van der Waals surface area contributed by atoms with Crippen LogP contribution in [0.15, 0.2) is 18.2 Å². The number of hydrogen-bond donors (Lipinski definition) is 2. The number of halogens is 2. The molecule has 17 heavy (non-hydrogen) atoms. The van der Waals surface area contributed by atoms with Crippen LogP contribution < -0.4 is 5.32 Å². The van der Waals surface area contributed by atoms with Crippen LogP contribution in [0.3, 0.4) is 0 Å². The number of hydrogen-bond acceptors (Lipinski definition) is 2. The molecule has 6 heteroatoms. The molecule has 0 radical (unpaired) electrons. The zero-order valence-corrected chi connectivity index (χ0v) is 10.4. The summed E-state index contributed by atoms with van der Waals surface area (Å²) < 4.78 is 0. The van der Waals surface area contributed by atoms with Gasteiger partial charge in [-0.25, -0.2) is 0 Å². The molecule has 0 bridgehead atoms. The molecule has 1 amide bonds. The highest BCUT2D eigenvalue weighted by molar-refractivity contribution is 6.35. The molecule has 0 spiro atoms. The minimum atomic E-state index is -0.913. The van der Waals surface area contributed by atoms with Crippen molar-refractivity contribution < 1.29 is 14.7 Å². The molecule has 2 N–H and O–H groups in total. The Hall–Kier alpha value is -1.26. The minimum absolute atomic E-state index is 0.0241. The second-order valence-electron chi connectivity index (χ2n) is 3.45. The molecule has 0 saturated heterocycles. The zero-order chi connectivity index (χ0) is 12.8. The van der Waals surface area contributed by atoms with Gasteiger partial charge in [0.1, 0.15) is 0 Å². The van der Waals surface area contributed by atoms with Crippen molar-refractivity contribution in [1.82, 2.24) is 0 Å². The van der Waals surface area contributed by atoms with Crippen LogP contribution in [0.2, 0.25) is 10.0 Å². The largest absolute Gasteiger partial charge is 0.481 e. The Labute approximate surface area is 109 Å². The van der Waals surface area contributed by atoms with Gasteiger partial charge in [0.2, 0.25) is 5.91 Å². The lowest BCUT2D eigenvalue weighted by Crippen LogP contribution is -2.11. The summed E-state index contributed by atoms with van der Waals surface area (Å²) in [4.78, 5) is 21.7. The number of carboxylic acids is 1. The summed E-state index contributed by atoms with van der Waals surface area (Å²) >= 11 is 11.5. The Morgan fingerprint density at radius 1 is 1.12 bits per heavy atom. The third kappa shape index (κ3) is 5.56. The summed E-state index contributed by atoms with van der Waals surface area (Å²) in [7, 11) is 0. The van der Waals surface area contributed by atoms with Gasteiger partial charge in [-0.1, -0.05) is 23.2 Å². The molecule has 1 rings (SSSR count). The van der Waals surface area contributed by atoms with Crippen molar-refractivity contribution in [3.05, 3.63) is 28.2 Å². The van der Waals surface area contributed by atoms with Gasteiger partial charge >= 0.3 is 5.97 Å². The van der Waals surface area contributed by atoms with Crippen molar-refractivity contribution in [1.29, 1.82) is 0 Å². The Kier molecular flexibility index (Phi) is 5.25. The Balaban J connectivity index is 2.47. The molecule has 0 atom stereocenters. The molecule has 0 aromatic heterocycles. The zero-order valence-electron chi connectivity index (χ0n) is 8.87. The van der Waals surface area contributed by atoms with Gasteiger partial charge in [0.05, 0.1) is 0 Å². The second-order valence-corrected chi connectivity index (χ2v) is 4.33. The first-order valence-electron chi connectivity index (χ1n) is 4.95. The maximum Gasteiger partial charge on any atom is 0.303 e. The first kappa shape index (κ1) is 13.8. The van der Waals surface area contributed by atoms with Crippen LogP contribution in [0.5, 0.6) is 0 Å². The van der Waals surface area contributed by atoms with Crippen LogP contribution in [0, 0.1) is 0 Å². The van der Waals surface area contributed by atoms with Gasteiger partial charge in [-0.15, -0.1) is 0 Å². The molecular formula is C11H11Cl2NO3. The van der Waals surface area contributed by atoms with Gasteiger partial charge in [0, 0.05) is 28.6 Å². The summed E-state index contributed by atoms with van der Waals surface area (Å²) in [6.45, 7) is 0. The van der Waals surface area contributed by atoms with Crippen LogP contribution in [0.25, 0.3) is 0 Å². The van der Waals surface area contributed by atoms with Gasteiger partial charge in [0.15, 0.2) is 0 Å². The molecule has 0 unspecified atom stereocenters. The molecule has 1 aromatic carbocycles. The van der Waals surface area contributed by atoms with E-state index in [1.54, 1.807) is 18.2 Å². The average molecular weight is 276 g/mol. The van der Waals surface area contributed by atoms with Gasteiger partial charge < -0.3 is 10.4 Å². The molecule has 0 aliphatic heterocycles. The third-order valence-electron chi connectivity index (χ3n) is 1.94. The van der Waals surface area contributed by atoms with E-state index in [0.29, 0.717) is 22.2 Å². The fourth-order valence-corrected chi connectivity index (χ4v) is 1.78. The molecular weight excluding hydrogens is 265 g/mol. The number of anilines is 1. The van der Waals surface area contributed by atoms with Crippen LogP contribution in [0.4, 0.5) is 5.69 Å².